The molecule has 1 atom stereocenters. The molecule has 0 bridgehead atoms. The fraction of sp³-hybridized carbons (Fsp3) is 0.107. The van der Waals surface area contributed by atoms with Crippen LogP contribution < -0.4 is 14.9 Å². The van der Waals surface area contributed by atoms with Crippen LogP contribution in [0, 0.1) is 0 Å². The van der Waals surface area contributed by atoms with Crippen LogP contribution in [0.3, 0.4) is 0 Å². The number of carbonyl (C=O) groups is 1. The Bertz CT molecular complexity index is 1670. The van der Waals surface area contributed by atoms with Crippen molar-refractivity contribution in [1.29, 1.82) is 0 Å². The largest absolute Gasteiger partial charge is 0.507 e. The number of hydrogen-bond acceptors (Lipinski definition) is 7. The maximum absolute atomic E-state index is 13.5. The van der Waals surface area contributed by atoms with Crippen LogP contribution in [0.2, 0.25) is 0 Å². The lowest BCUT2D eigenvalue weighted by Gasteiger charge is -2.25. The number of aromatic hydroxyl groups is 1. The van der Waals surface area contributed by atoms with Crippen LogP contribution in [0.4, 0.5) is 0 Å². The van der Waals surface area contributed by atoms with Crippen molar-refractivity contribution in [2.24, 2.45) is 0 Å². The number of rotatable bonds is 4. The number of methoxy groups -OCH3 is 1. The molecule has 0 amide bonds. The molecule has 0 radical (unpaired) electrons. The Morgan fingerprint density at radius 3 is 2.58 bits per heavy atom. The molecule has 6 rings (SSSR count). The van der Waals surface area contributed by atoms with Gasteiger partial charge in [-0.1, -0.05) is 30.3 Å². The second-order valence-corrected chi connectivity index (χ2v) is 8.52. The van der Waals surface area contributed by atoms with E-state index in [9.17, 15) is 14.7 Å². The van der Waals surface area contributed by atoms with Crippen molar-refractivity contribution in [2.45, 2.75) is 12.3 Å². The fourth-order valence-electron chi connectivity index (χ4n) is 4.76. The lowest BCUT2D eigenvalue weighted by atomic mass is 9.84. The van der Waals surface area contributed by atoms with E-state index in [-0.39, 0.29) is 34.3 Å². The predicted molar refractivity (Wildman–Crippen MR) is 132 cm³/mol. The Hall–Kier alpha value is -4.85. The van der Waals surface area contributed by atoms with Gasteiger partial charge in [0.05, 0.1) is 31.0 Å². The van der Waals surface area contributed by atoms with E-state index in [0.717, 1.165) is 11.1 Å². The van der Waals surface area contributed by atoms with Crippen LogP contribution in [0.15, 0.2) is 82.3 Å². The van der Waals surface area contributed by atoms with Gasteiger partial charge in [0.2, 0.25) is 5.43 Å². The third-order valence-electron chi connectivity index (χ3n) is 6.48. The fourth-order valence-corrected chi connectivity index (χ4v) is 4.76. The predicted octanol–water partition coefficient (Wildman–Crippen LogP) is 5.01. The molecule has 2 N–H and O–H groups in total. The summed E-state index contributed by atoms with van der Waals surface area (Å²) >= 11 is 0. The molecule has 8 heteroatoms. The smallest absolute Gasteiger partial charge is 0.312 e. The van der Waals surface area contributed by atoms with Crippen molar-refractivity contribution in [3.05, 3.63) is 94.5 Å². The van der Waals surface area contributed by atoms with E-state index in [2.05, 4.69) is 10.2 Å². The zero-order valence-corrected chi connectivity index (χ0v) is 19.1. The second-order valence-electron chi connectivity index (χ2n) is 8.52. The molecule has 2 aromatic heterocycles. The molecule has 1 aliphatic rings. The number of fused-ring (bicyclic) bond motifs is 3. The molecule has 0 spiro atoms. The third kappa shape index (κ3) is 3.42. The summed E-state index contributed by atoms with van der Waals surface area (Å²) in [5, 5.41) is 18.1. The van der Waals surface area contributed by atoms with Gasteiger partial charge >= 0.3 is 5.97 Å². The number of hydrogen-bond donors (Lipinski definition) is 2. The normalized spacial score (nSPS) is 14.9. The van der Waals surface area contributed by atoms with E-state index < -0.39 is 11.9 Å². The Morgan fingerprint density at radius 2 is 1.83 bits per heavy atom. The zero-order chi connectivity index (χ0) is 24.8. The lowest BCUT2D eigenvalue weighted by Crippen LogP contribution is -2.22. The number of carbonyl (C=O) groups excluding carboxylic acids is 1. The average molecular weight is 480 g/mol. The number of aromatic amines is 1. The minimum absolute atomic E-state index is 0.0136. The van der Waals surface area contributed by atoms with Gasteiger partial charge in [0.1, 0.15) is 34.5 Å². The number of esters is 1. The summed E-state index contributed by atoms with van der Waals surface area (Å²) in [6.45, 7) is 0. The van der Waals surface area contributed by atoms with E-state index in [1.165, 1.54) is 12.3 Å². The van der Waals surface area contributed by atoms with Crippen LogP contribution in [0.25, 0.3) is 33.4 Å². The van der Waals surface area contributed by atoms with Crippen LogP contribution >= 0.6 is 0 Å². The number of nitrogens with zero attached hydrogens (tertiary/aromatic N) is 1. The Morgan fingerprint density at radius 1 is 1.06 bits per heavy atom. The summed E-state index contributed by atoms with van der Waals surface area (Å²) in [6.07, 6.45) is 3.05. The number of ether oxygens (including phenoxy) is 2. The zero-order valence-electron chi connectivity index (χ0n) is 19.1. The van der Waals surface area contributed by atoms with Crippen molar-refractivity contribution >= 4 is 16.9 Å². The van der Waals surface area contributed by atoms with E-state index in [1.807, 2.05) is 42.5 Å². The highest BCUT2D eigenvalue weighted by molar-refractivity contribution is 5.94. The first-order valence-electron chi connectivity index (χ1n) is 11.3. The molecule has 0 saturated heterocycles. The number of phenolic OH excluding ortho intramolecular Hbond substituents is 1. The molecule has 0 aliphatic carbocycles. The first-order valence-corrected chi connectivity index (χ1v) is 11.3. The molecule has 178 valence electrons. The maximum atomic E-state index is 13.5. The summed E-state index contributed by atoms with van der Waals surface area (Å²) in [5.74, 6) is -0.434. The monoisotopic (exact) mass is 480 g/mol. The summed E-state index contributed by atoms with van der Waals surface area (Å²) in [4.78, 5) is 26.1. The minimum atomic E-state index is -0.522. The average Bonchev–Trinajstić information content (AvgIpc) is 3.38. The van der Waals surface area contributed by atoms with Gasteiger partial charge in [-0.25, -0.2) is 0 Å². The maximum Gasteiger partial charge on any atom is 0.312 e. The standard InChI is InChI=1S/C28H20N2O6/c1-34-17-9-7-16(8-10-17)26-19(13-29-30-26)18-11-23(32)36-22-12-21(31)25-27(33)20(14-35-28(25)24(18)22)15-5-3-2-4-6-15/h2-10,12-14,18,31H,11H2,1H3,(H,29,30)/t18-/m1/s1. The molecule has 3 aromatic carbocycles. The second kappa shape index (κ2) is 8.42. The molecular formula is C28H20N2O6. The van der Waals surface area contributed by atoms with Gasteiger partial charge in [0.15, 0.2) is 0 Å². The van der Waals surface area contributed by atoms with Crippen molar-refractivity contribution in [1.82, 2.24) is 10.2 Å². The molecule has 1 aliphatic heterocycles. The highest BCUT2D eigenvalue weighted by atomic mass is 16.5. The minimum Gasteiger partial charge on any atom is -0.507 e. The molecular weight excluding hydrogens is 460 g/mol. The molecule has 0 fully saturated rings. The van der Waals surface area contributed by atoms with Crippen LogP contribution in [-0.4, -0.2) is 28.4 Å². The van der Waals surface area contributed by atoms with E-state index in [4.69, 9.17) is 13.9 Å². The van der Waals surface area contributed by atoms with Crippen molar-refractivity contribution in [3.63, 3.8) is 0 Å². The van der Waals surface area contributed by atoms with Crippen molar-refractivity contribution < 1.29 is 23.8 Å². The van der Waals surface area contributed by atoms with Crippen LogP contribution in [-0.2, 0) is 4.79 Å². The van der Waals surface area contributed by atoms with E-state index in [0.29, 0.717) is 28.1 Å². The van der Waals surface area contributed by atoms with Crippen molar-refractivity contribution in [2.75, 3.05) is 7.11 Å². The van der Waals surface area contributed by atoms with E-state index >= 15 is 0 Å². The number of aromatic nitrogens is 2. The van der Waals surface area contributed by atoms with Gasteiger partial charge in [-0.2, -0.15) is 5.10 Å². The third-order valence-corrected chi connectivity index (χ3v) is 6.48. The summed E-state index contributed by atoms with van der Waals surface area (Å²) in [5.41, 5.74) is 3.60. The molecule has 5 aromatic rings. The van der Waals surface area contributed by atoms with Gasteiger partial charge in [-0.05, 0) is 29.8 Å². The molecule has 36 heavy (non-hydrogen) atoms. The molecule has 8 nitrogen and oxygen atoms in total. The van der Waals surface area contributed by atoms with Gasteiger partial charge in [-0.3, -0.25) is 14.7 Å². The first kappa shape index (κ1) is 21.7. The topological polar surface area (TPSA) is 115 Å². The van der Waals surface area contributed by atoms with Gasteiger partial charge in [0, 0.05) is 28.7 Å². The number of nitrogens with one attached hydrogen (secondary N) is 1. The molecule has 3 heterocycles. The summed E-state index contributed by atoms with van der Waals surface area (Å²) in [6, 6.07) is 17.8. The van der Waals surface area contributed by atoms with Gasteiger partial charge < -0.3 is 19.0 Å². The summed E-state index contributed by atoms with van der Waals surface area (Å²) < 4.78 is 16.7. The molecule has 0 unspecified atom stereocenters. The first-order chi connectivity index (χ1) is 17.5. The Kier molecular flexibility index (Phi) is 5.07. The van der Waals surface area contributed by atoms with Gasteiger partial charge in [0.25, 0.3) is 0 Å². The van der Waals surface area contributed by atoms with Crippen molar-refractivity contribution in [3.8, 4) is 39.6 Å². The lowest BCUT2D eigenvalue weighted by molar-refractivity contribution is -0.135. The molecule has 0 saturated carbocycles. The summed E-state index contributed by atoms with van der Waals surface area (Å²) in [7, 11) is 1.60. The highest BCUT2D eigenvalue weighted by Gasteiger charge is 2.35. The van der Waals surface area contributed by atoms with Gasteiger partial charge in [-0.15, -0.1) is 0 Å². The SMILES string of the molecule is COc1ccc(-c2[nH]ncc2[C@H]2CC(=O)Oc3cc(O)c4c(=O)c(-c5ccccc5)coc4c32)cc1. The number of benzene rings is 3. The Balaban J connectivity index is 1.56. The van der Waals surface area contributed by atoms with Crippen LogP contribution in [0.1, 0.15) is 23.5 Å². The van der Waals surface area contributed by atoms with Crippen LogP contribution in [0.5, 0.6) is 17.2 Å². The highest BCUT2D eigenvalue weighted by Crippen LogP contribution is 2.47. The number of phenols is 1. The quantitative estimate of drug-likeness (QED) is 0.275. The van der Waals surface area contributed by atoms with E-state index in [1.54, 1.807) is 25.4 Å². The Labute approximate surface area is 204 Å². The number of H-pyrrole nitrogens is 1.